The first-order chi connectivity index (χ1) is 15.8. The molecule has 2 fully saturated rings. The number of nitrogens with zero attached hydrogens (tertiary/aromatic N) is 1. The smallest absolute Gasteiger partial charge is 0.352 e. The second-order valence-electron chi connectivity index (χ2n) is 9.04. The average molecular weight is 491 g/mol. The van der Waals surface area contributed by atoms with Gasteiger partial charge in [0.05, 0.1) is 23.8 Å². The molecule has 0 amide bonds. The molecule has 0 saturated carbocycles. The quantitative estimate of drug-likeness (QED) is 0.472. The number of rotatable bonds is 4. The van der Waals surface area contributed by atoms with Crippen LogP contribution in [0.4, 0.5) is 30.7 Å². The van der Waals surface area contributed by atoms with E-state index in [1.54, 1.807) is 12.1 Å². The number of ether oxygens (including phenoxy) is 2. The second-order valence-corrected chi connectivity index (χ2v) is 9.04. The SMILES string of the molecule is C[C@@H](O[C@H]1OC[C@H]2CN(C)C[C@H]2[C@@H]1c1ccc(F)cc1)c1cc(C(F)(F)F)cc(C(F)(F)F)c1. The fourth-order valence-corrected chi connectivity index (χ4v) is 4.93. The van der Waals surface area contributed by atoms with Crippen molar-refractivity contribution >= 4 is 0 Å². The molecule has 0 bridgehead atoms. The van der Waals surface area contributed by atoms with Crippen LogP contribution in [0.5, 0.6) is 0 Å². The van der Waals surface area contributed by atoms with Crippen molar-refractivity contribution in [2.75, 3.05) is 26.7 Å². The van der Waals surface area contributed by atoms with E-state index < -0.39 is 41.7 Å². The van der Waals surface area contributed by atoms with Crippen molar-refractivity contribution < 1.29 is 40.2 Å². The van der Waals surface area contributed by atoms with Crippen molar-refractivity contribution in [2.45, 2.75) is 37.6 Å². The molecule has 0 spiro atoms. The Hall–Kier alpha value is -2.17. The molecule has 10 heteroatoms. The zero-order valence-electron chi connectivity index (χ0n) is 18.5. The van der Waals surface area contributed by atoms with Crippen molar-refractivity contribution in [2.24, 2.45) is 11.8 Å². The Morgan fingerprint density at radius 1 is 0.941 bits per heavy atom. The van der Waals surface area contributed by atoms with Crippen LogP contribution in [-0.4, -0.2) is 37.9 Å². The number of alkyl halides is 6. The summed E-state index contributed by atoms with van der Waals surface area (Å²) in [5.74, 6) is -0.524. The molecular formula is C24H24F7NO2. The van der Waals surface area contributed by atoms with E-state index in [9.17, 15) is 30.7 Å². The van der Waals surface area contributed by atoms with E-state index in [0.29, 0.717) is 25.3 Å². The predicted molar refractivity (Wildman–Crippen MR) is 109 cm³/mol. The molecular weight excluding hydrogens is 467 g/mol. The van der Waals surface area contributed by atoms with Gasteiger partial charge in [0.2, 0.25) is 0 Å². The largest absolute Gasteiger partial charge is 0.416 e. The summed E-state index contributed by atoms with van der Waals surface area (Å²) in [7, 11) is 1.96. The summed E-state index contributed by atoms with van der Waals surface area (Å²) < 4.78 is 105. The monoisotopic (exact) mass is 491 g/mol. The summed E-state index contributed by atoms with van der Waals surface area (Å²) in [6.45, 7) is 3.24. The first-order valence-electron chi connectivity index (χ1n) is 10.8. The van der Waals surface area contributed by atoms with Gasteiger partial charge in [-0.25, -0.2) is 4.39 Å². The molecule has 3 nitrogen and oxygen atoms in total. The maximum absolute atomic E-state index is 13.5. The Balaban J connectivity index is 1.65. The number of hydrogen-bond donors (Lipinski definition) is 0. The molecule has 34 heavy (non-hydrogen) atoms. The Kier molecular flexibility index (Phi) is 6.69. The standard InChI is InChI=1S/C24H24F7NO2/c1-13(15-7-17(23(26,27)28)9-18(8-15)24(29,30)31)34-22-21(14-3-5-19(25)6-4-14)20-11-32(2)10-16(20)12-33-22/h3-9,13,16,20-22H,10-12H2,1-2H3/t13-,16-,20-,21+,22-/m1/s1. The molecule has 4 rings (SSSR count). The maximum atomic E-state index is 13.5. The highest BCUT2D eigenvalue weighted by Crippen LogP contribution is 2.45. The van der Waals surface area contributed by atoms with Gasteiger partial charge in [0, 0.05) is 19.0 Å². The van der Waals surface area contributed by atoms with Crippen molar-refractivity contribution in [3.05, 3.63) is 70.5 Å². The van der Waals surface area contributed by atoms with Gasteiger partial charge in [-0.1, -0.05) is 12.1 Å². The Labute approximate surface area is 192 Å². The van der Waals surface area contributed by atoms with Gasteiger partial charge in [-0.3, -0.25) is 0 Å². The minimum atomic E-state index is -4.95. The molecule has 2 aliphatic heterocycles. The third kappa shape index (κ3) is 5.23. The van der Waals surface area contributed by atoms with Crippen molar-refractivity contribution in [1.82, 2.24) is 4.90 Å². The fourth-order valence-electron chi connectivity index (χ4n) is 4.93. The third-order valence-electron chi connectivity index (χ3n) is 6.58. The highest BCUT2D eigenvalue weighted by Gasteiger charge is 2.46. The van der Waals surface area contributed by atoms with E-state index in [2.05, 4.69) is 4.90 Å². The normalized spacial score (nSPS) is 27.0. The van der Waals surface area contributed by atoms with E-state index in [0.717, 1.165) is 12.1 Å². The molecule has 5 atom stereocenters. The van der Waals surface area contributed by atoms with Crippen LogP contribution in [0.3, 0.4) is 0 Å². The van der Waals surface area contributed by atoms with Crippen LogP contribution >= 0.6 is 0 Å². The van der Waals surface area contributed by atoms with E-state index in [1.165, 1.54) is 19.1 Å². The third-order valence-corrected chi connectivity index (χ3v) is 6.58. The van der Waals surface area contributed by atoms with Crippen LogP contribution in [0.25, 0.3) is 0 Å². The lowest BCUT2D eigenvalue weighted by molar-refractivity contribution is -0.217. The minimum Gasteiger partial charge on any atom is -0.352 e. The van der Waals surface area contributed by atoms with Gasteiger partial charge in [0.25, 0.3) is 0 Å². The van der Waals surface area contributed by atoms with E-state index in [1.807, 2.05) is 7.05 Å². The van der Waals surface area contributed by atoms with E-state index >= 15 is 0 Å². The molecule has 0 radical (unpaired) electrons. The zero-order valence-corrected chi connectivity index (χ0v) is 18.5. The summed E-state index contributed by atoms with van der Waals surface area (Å²) in [4.78, 5) is 2.13. The minimum absolute atomic E-state index is 0.0775. The average Bonchev–Trinajstić information content (AvgIpc) is 3.13. The molecule has 2 aromatic rings. The Bertz CT molecular complexity index is 974. The van der Waals surface area contributed by atoms with Crippen LogP contribution in [0, 0.1) is 17.7 Å². The number of benzene rings is 2. The van der Waals surface area contributed by atoms with Crippen molar-refractivity contribution in [1.29, 1.82) is 0 Å². The lowest BCUT2D eigenvalue weighted by Crippen LogP contribution is -2.42. The number of halogens is 7. The highest BCUT2D eigenvalue weighted by molar-refractivity contribution is 5.35. The molecule has 2 heterocycles. The lowest BCUT2D eigenvalue weighted by atomic mass is 9.77. The fraction of sp³-hybridized carbons (Fsp3) is 0.500. The van der Waals surface area contributed by atoms with Gasteiger partial charge >= 0.3 is 12.4 Å². The van der Waals surface area contributed by atoms with Gasteiger partial charge in [-0.05, 0) is 67.3 Å². The van der Waals surface area contributed by atoms with Gasteiger partial charge in [-0.15, -0.1) is 0 Å². The topological polar surface area (TPSA) is 21.7 Å². The van der Waals surface area contributed by atoms with Gasteiger partial charge in [0.1, 0.15) is 5.82 Å². The van der Waals surface area contributed by atoms with Gasteiger partial charge < -0.3 is 14.4 Å². The Morgan fingerprint density at radius 2 is 1.53 bits per heavy atom. The lowest BCUT2D eigenvalue weighted by Gasteiger charge is -2.40. The molecule has 186 valence electrons. The van der Waals surface area contributed by atoms with Crippen molar-refractivity contribution in [3.63, 3.8) is 0 Å². The Morgan fingerprint density at radius 3 is 2.09 bits per heavy atom. The summed E-state index contributed by atoms with van der Waals surface area (Å²) in [6.07, 6.45) is -11.9. The van der Waals surface area contributed by atoms with Crippen molar-refractivity contribution in [3.8, 4) is 0 Å². The molecule has 0 unspecified atom stereocenters. The molecule has 2 aliphatic rings. The highest BCUT2D eigenvalue weighted by atomic mass is 19.4. The van der Waals surface area contributed by atoms with E-state index in [-0.39, 0.29) is 29.4 Å². The molecule has 0 aliphatic carbocycles. The predicted octanol–water partition coefficient (Wildman–Crippen LogP) is 6.26. The summed E-state index contributed by atoms with van der Waals surface area (Å²) in [5.41, 5.74) is -2.31. The van der Waals surface area contributed by atoms with Gasteiger partial charge in [-0.2, -0.15) is 26.3 Å². The van der Waals surface area contributed by atoms with Crippen LogP contribution in [0.15, 0.2) is 42.5 Å². The maximum Gasteiger partial charge on any atom is 0.416 e. The first-order valence-corrected chi connectivity index (χ1v) is 10.8. The second kappa shape index (κ2) is 9.13. The molecule has 2 saturated heterocycles. The molecule has 2 aromatic carbocycles. The molecule has 0 N–H and O–H groups in total. The summed E-state index contributed by atoms with van der Waals surface area (Å²) >= 11 is 0. The van der Waals surface area contributed by atoms with Crippen LogP contribution < -0.4 is 0 Å². The van der Waals surface area contributed by atoms with Crippen LogP contribution in [0.2, 0.25) is 0 Å². The molecule has 0 aromatic heterocycles. The summed E-state index contributed by atoms with van der Waals surface area (Å²) in [5, 5.41) is 0. The number of likely N-dealkylation sites (tertiary alicyclic amines) is 1. The number of hydrogen-bond acceptors (Lipinski definition) is 3. The van der Waals surface area contributed by atoms with Gasteiger partial charge in [0.15, 0.2) is 6.29 Å². The first kappa shape index (κ1) is 24.9. The van der Waals surface area contributed by atoms with Crippen LogP contribution in [-0.2, 0) is 21.8 Å². The zero-order chi connectivity index (χ0) is 24.8. The number of fused-ring (bicyclic) bond motifs is 1. The summed E-state index contributed by atoms with van der Waals surface area (Å²) in [6, 6.07) is 7.26. The van der Waals surface area contributed by atoms with E-state index in [4.69, 9.17) is 9.47 Å². The van der Waals surface area contributed by atoms with Crippen LogP contribution in [0.1, 0.15) is 41.2 Å².